The molecule has 2 amide bonds. The van der Waals surface area contributed by atoms with Gasteiger partial charge in [-0.25, -0.2) is 0 Å². The SMILES string of the molecule is CC(C)(C)c1cc(NC(=O)c2cccc(C3(C)CCSC(N)=N3)c2)c(C(N)=O)s1. The van der Waals surface area contributed by atoms with Crippen LogP contribution in [-0.4, -0.2) is 22.7 Å². The molecule has 0 aliphatic carbocycles. The molecule has 1 aromatic heterocycles. The van der Waals surface area contributed by atoms with Crippen LogP contribution in [0.5, 0.6) is 0 Å². The largest absolute Gasteiger partial charge is 0.379 e. The van der Waals surface area contributed by atoms with Gasteiger partial charge < -0.3 is 16.8 Å². The molecular formula is C21H26N4O2S2. The Hall–Kier alpha value is -2.32. The molecule has 8 heteroatoms. The number of hydrogen-bond acceptors (Lipinski definition) is 6. The third kappa shape index (κ3) is 4.64. The lowest BCUT2D eigenvalue weighted by molar-refractivity contribution is 0.100. The maximum atomic E-state index is 12.9. The average Bonchev–Trinajstić information content (AvgIpc) is 3.06. The van der Waals surface area contributed by atoms with E-state index in [1.54, 1.807) is 17.8 Å². The number of anilines is 1. The van der Waals surface area contributed by atoms with E-state index in [0.29, 0.717) is 21.3 Å². The van der Waals surface area contributed by atoms with Gasteiger partial charge in [-0.2, -0.15) is 0 Å². The molecule has 5 N–H and O–H groups in total. The maximum Gasteiger partial charge on any atom is 0.260 e. The molecule has 3 rings (SSSR count). The van der Waals surface area contributed by atoms with Crippen molar-refractivity contribution in [3.63, 3.8) is 0 Å². The van der Waals surface area contributed by atoms with Crippen LogP contribution < -0.4 is 16.8 Å². The zero-order valence-electron chi connectivity index (χ0n) is 17.0. The summed E-state index contributed by atoms with van der Waals surface area (Å²) >= 11 is 2.86. The first-order valence-electron chi connectivity index (χ1n) is 9.34. The van der Waals surface area contributed by atoms with Gasteiger partial charge in [0.2, 0.25) is 0 Å². The van der Waals surface area contributed by atoms with Crippen molar-refractivity contribution in [2.75, 3.05) is 11.1 Å². The molecule has 29 heavy (non-hydrogen) atoms. The summed E-state index contributed by atoms with van der Waals surface area (Å²) in [6, 6.07) is 9.21. The number of amides is 2. The fourth-order valence-corrected chi connectivity index (χ4v) is 5.12. The maximum absolute atomic E-state index is 12.9. The van der Waals surface area contributed by atoms with E-state index in [-0.39, 0.29) is 11.3 Å². The highest BCUT2D eigenvalue weighted by Crippen LogP contribution is 2.37. The van der Waals surface area contributed by atoms with Gasteiger partial charge >= 0.3 is 0 Å². The zero-order valence-corrected chi connectivity index (χ0v) is 18.7. The molecule has 0 saturated carbocycles. The van der Waals surface area contributed by atoms with Crippen LogP contribution in [0.2, 0.25) is 0 Å². The number of amidine groups is 1. The second-order valence-electron chi connectivity index (χ2n) is 8.32. The van der Waals surface area contributed by atoms with E-state index >= 15 is 0 Å². The number of primary amides is 1. The van der Waals surface area contributed by atoms with Crippen molar-refractivity contribution in [1.82, 2.24) is 0 Å². The summed E-state index contributed by atoms with van der Waals surface area (Å²) in [6.45, 7) is 8.17. The quantitative estimate of drug-likeness (QED) is 0.679. The van der Waals surface area contributed by atoms with Gasteiger partial charge in [0.1, 0.15) is 4.88 Å². The highest BCUT2D eigenvalue weighted by molar-refractivity contribution is 8.13. The van der Waals surface area contributed by atoms with Crippen molar-refractivity contribution in [2.45, 2.75) is 45.1 Å². The van der Waals surface area contributed by atoms with Crippen LogP contribution in [0.1, 0.15) is 64.6 Å². The van der Waals surface area contributed by atoms with Crippen LogP contribution >= 0.6 is 23.1 Å². The van der Waals surface area contributed by atoms with E-state index in [0.717, 1.165) is 22.6 Å². The molecule has 0 saturated heterocycles. The molecule has 2 aromatic rings. The van der Waals surface area contributed by atoms with Crippen LogP contribution in [0.3, 0.4) is 0 Å². The van der Waals surface area contributed by atoms with Crippen LogP contribution in [0.25, 0.3) is 0 Å². The van der Waals surface area contributed by atoms with Crippen molar-refractivity contribution in [2.24, 2.45) is 16.5 Å². The summed E-state index contributed by atoms with van der Waals surface area (Å²) in [5, 5.41) is 3.42. The lowest BCUT2D eigenvalue weighted by Crippen LogP contribution is -2.29. The standard InChI is InChI=1S/C21H26N4O2S2/c1-20(2,3)15-11-14(16(29-15)17(22)26)24-18(27)12-6-5-7-13(10-12)21(4)8-9-28-19(23)25-21/h5-7,10-11H,8-9H2,1-4H3,(H2,22,26)(H2,23,25)(H,24,27). The Kier molecular flexibility index (Phi) is 5.78. The molecule has 0 spiro atoms. The topological polar surface area (TPSA) is 111 Å². The Bertz CT molecular complexity index is 991. The van der Waals surface area contributed by atoms with Gasteiger partial charge in [0.25, 0.3) is 11.8 Å². The third-order valence-corrected chi connectivity index (χ3v) is 7.26. The van der Waals surface area contributed by atoms with Gasteiger partial charge in [-0.1, -0.05) is 44.7 Å². The minimum atomic E-state index is -0.549. The number of nitrogens with zero attached hydrogens (tertiary/aromatic N) is 1. The molecule has 1 aromatic carbocycles. The number of benzene rings is 1. The molecular weight excluding hydrogens is 404 g/mol. The Labute approximate surface area is 179 Å². The fraction of sp³-hybridized carbons (Fsp3) is 0.381. The third-order valence-electron chi connectivity index (χ3n) is 4.89. The summed E-state index contributed by atoms with van der Waals surface area (Å²) in [7, 11) is 0. The minimum absolute atomic E-state index is 0.150. The van der Waals surface area contributed by atoms with Crippen LogP contribution in [0.4, 0.5) is 5.69 Å². The Morgan fingerprint density at radius 3 is 2.59 bits per heavy atom. The van der Waals surface area contributed by atoms with Gasteiger partial charge in [0.15, 0.2) is 5.17 Å². The Morgan fingerprint density at radius 1 is 1.24 bits per heavy atom. The molecule has 0 radical (unpaired) electrons. The summed E-state index contributed by atoms with van der Waals surface area (Å²) in [5.41, 5.74) is 12.7. The molecule has 0 fully saturated rings. The lowest BCUT2D eigenvalue weighted by Gasteiger charge is -2.30. The molecule has 1 atom stereocenters. The number of thioether (sulfide) groups is 1. The van der Waals surface area contributed by atoms with E-state index < -0.39 is 11.4 Å². The lowest BCUT2D eigenvalue weighted by atomic mass is 9.88. The molecule has 1 aliphatic heterocycles. The second kappa shape index (κ2) is 7.84. The fourth-order valence-electron chi connectivity index (χ4n) is 3.12. The number of carbonyl (C=O) groups excluding carboxylic acids is 2. The van der Waals surface area contributed by atoms with Crippen molar-refractivity contribution in [1.29, 1.82) is 0 Å². The number of nitrogens with one attached hydrogen (secondary N) is 1. The number of hydrogen-bond donors (Lipinski definition) is 3. The highest BCUT2D eigenvalue weighted by Gasteiger charge is 2.30. The summed E-state index contributed by atoms with van der Waals surface area (Å²) < 4.78 is 0. The van der Waals surface area contributed by atoms with Gasteiger partial charge in [0, 0.05) is 16.2 Å². The zero-order chi connectivity index (χ0) is 21.4. The number of rotatable bonds is 4. The predicted octanol–water partition coefficient (Wildman–Crippen LogP) is 4.06. The monoisotopic (exact) mass is 430 g/mol. The number of nitrogens with two attached hydrogens (primary N) is 2. The number of thiophene rings is 1. The van der Waals surface area contributed by atoms with Gasteiger partial charge in [-0.05, 0) is 42.5 Å². The second-order valence-corrected chi connectivity index (χ2v) is 10.5. The normalized spacial score (nSPS) is 19.5. The van der Waals surface area contributed by atoms with E-state index in [9.17, 15) is 9.59 Å². The summed E-state index contributed by atoms with van der Waals surface area (Å²) in [6.07, 6.45) is 0.842. The van der Waals surface area contributed by atoms with E-state index in [1.807, 2.05) is 52.0 Å². The van der Waals surface area contributed by atoms with E-state index in [1.165, 1.54) is 11.3 Å². The molecule has 6 nitrogen and oxygen atoms in total. The first-order chi connectivity index (χ1) is 13.5. The van der Waals surface area contributed by atoms with Gasteiger partial charge in [-0.3, -0.25) is 14.6 Å². The number of aliphatic imine (C=N–C) groups is 1. The van der Waals surface area contributed by atoms with Gasteiger partial charge in [0.05, 0.1) is 11.2 Å². The molecule has 1 aliphatic rings. The Morgan fingerprint density at radius 2 is 1.97 bits per heavy atom. The molecule has 0 bridgehead atoms. The Balaban J connectivity index is 1.90. The first-order valence-corrected chi connectivity index (χ1v) is 11.1. The summed E-state index contributed by atoms with van der Waals surface area (Å²) in [4.78, 5) is 30.7. The van der Waals surface area contributed by atoms with Crippen molar-refractivity contribution in [3.8, 4) is 0 Å². The average molecular weight is 431 g/mol. The number of carbonyl (C=O) groups is 2. The molecule has 2 heterocycles. The van der Waals surface area contributed by atoms with Crippen LogP contribution in [0.15, 0.2) is 35.3 Å². The van der Waals surface area contributed by atoms with Crippen LogP contribution in [0, 0.1) is 0 Å². The van der Waals surface area contributed by atoms with Crippen molar-refractivity contribution >= 4 is 45.8 Å². The molecule has 1 unspecified atom stereocenters. The molecule has 154 valence electrons. The van der Waals surface area contributed by atoms with Crippen LogP contribution in [-0.2, 0) is 11.0 Å². The first kappa shape index (κ1) is 21.4. The van der Waals surface area contributed by atoms with Gasteiger partial charge in [-0.15, -0.1) is 11.3 Å². The van der Waals surface area contributed by atoms with Crippen molar-refractivity contribution in [3.05, 3.63) is 51.2 Å². The summed E-state index contributed by atoms with van der Waals surface area (Å²) in [5.74, 6) is 0.0410. The predicted molar refractivity (Wildman–Crippen MR) is 122 cm³/mol. The highest BCUT2D eigenvalue weighted by atomic mass is 32.2. The van der Waals surface area contributed by atoms with E-state index in [2.05, 4.69) is 10.3 Å². The minimum Gasteiger partial charge on any atom is -0.379 e. The smallest absolute Gasteiger partial charge is 0.260 e. The van der Waals surface area contributed by atoms with E-state index in [4.69, 9.17) is 11.5 Å². The van der Waals surface area contributed by atoms with Crippen molar-refractivity contribution < 1.29 is 9.59 Å².